The summed E-state index contributed by atoms with van der Waals surface area (Å²) < 4.78 is 10.8. The number of ether oxygens (including phenoxy) is 2. The van der Waals surface area contributed by atoms with E-state index in [9.17, 15) is 4.79 Å². The number of benzene rings is 2. The minimum Gasteiger partial charge on any atom is -0.490 e. The Labute approximate surface area is 174 Å². The highest BCUT2D eigenvalue weighted by Gasteiger charge is 2.08. The van der Waals surface area contributed by atoms with E-state index in [4.69, 9.17) is 14.6 Å². The molecule has 0 fully saturated rings. The van der Waals surface area contributed by atoms with Crippen molar-refractivity contribution in [3.8, 4) is 16.9 Å². The summed E-state index contributed by atoms with van der Waals surface area (Å²) in [6.07, 6.45) is 5.86. The van der Waals surface area contributed by atoms with Crippen molar-refractivity contribution in [3.63, 3.8) is 0 Å². The second kappa shape index (κ2) is 12.8. The molecule has 0 unspecified atom stereocenters. The van der Waals surface area contributed by atoms with E-state index < -0.39 is 5.97 Å². The van der Waals surface area contributed by atoms with Crippen LogP contribution in [0.4, 0.5) is 0 Å². The van der Waals surface area contributed by atoms with Crippen molar-refractivity contribution < 1.29 is 19.4 Å². The lowest BCUT2D eigenvalue weighted by Crippen LogP contribution is -2.13. The summed E-state index contributed by atoms with van der Waals surface area (Å²) in [5.41, 5.74) is 4.09. The predicted octanol–water partition coefficient (Wildman–Crippen LogP) is 5.34. The van der Waals surface area contributed by atoms with Crippen LogP contribution in [-0.4, -0.2) is 30.9 Å². The van der Waals surface area contributed by atoms with Crippen molar-refractivity contribution in [1.82, 2.24) is 0 Å². The number of aliphatic hydroxyl groups excluding tert-OH is 1. The van der Waals surface area contributed by atoms with Gasteiger partial charge in [0.25, 0.3) is 0 Å². The summed E-state index contributed by atoms with van der Waals surface area (Å²) in [6, 6.07) is 16.7. The standard InChI is InChI=1S/C25H32O4/c1-3-4-5-8-21-9-11-22(12-10-21)23-13-15-24(16-14-23)28-18-19-29-25(27)20(2)7-6-17-26/h9-16,26H,2-8,17-19H2,1H3. The highest BCUT2D eigenvalue weighted by Crippen LogP contribution is 2.23. The van der Waals surface area contributed by atoms with Gasteiger partial charge in [-0.3, -0.25) is 0 Å². The molecule has 0 aliphatic heterocycles. The predicted molar refractivity (Wildman–Crippen MR) is 117 cm³/mol. The van der Waals surface area contributed by atoms with Crippen molar-refractivity contribution in [2.45, 2.75) is 45.4 Å². The lowest BCUT2D eigenvalue weighted by atomic mass is 10.0. The first kappa shape index (κ1) is 22.7. The Morgan fingerprint density at radius 3 is 2.21 bits per heavy atom. The maximum absolute atomic E-state index is 11.7. The van der Waals surface area contributed by atoms with Crippen molar-refractivity contribution in [2.24, 2.45) is 0 Å². The molecule has 156 valence electrons. The van der Waals surface area contributed by atoms with Gasteiger partial charge in [-0.25, -0.2) is 4.79 Å². The molecule has 2 aromatic rings. The lowest BCUT2D eigenvalue weighted by Gasteiger charge is -2.09. The third kappa shape index (κ3) is 8.12. The smallest absolute Gasteiger partial charge is 0.333 e. The van der Waals surface area contributed by atoms with Gasteiger partial charge < -0.3 is 14.6 Å². The molecule has 0 bridgehead atoms. The number of aryl methyl sites for hydroxylation is 1. The number of carbonyl (C=O) groups excluding carboxylic acids is 1. The van der Waals surface area contributed by atoms with Gasteiger partial charge in [-0.2, -0.15) is 0 Å². The Morgan fingerprint density at radius 1 is 0.931 bits per heavy atom. The fourth-order valence-electron chi connectivity index (χ4n) is 2.98. The lowest BCUT2D eigenvalue weighted by molar-refractivity contribution is -0.139. The average molecular weight is 397 g/mol. The zero-order valence-corrected chi connectivity index (χ0v) is 17.4. The molecular weight excluding hydrogens is 364 g/mol. The Kier molecular flexibility index (Phi) is 10.0. The third-order valence-electron chi connectivity index (χ3n) is 4.72. The summed E-state index contributed by atoms with van der Waals surface area (Å²) in [5.74, 6) is 0.302. The van der Waals surface area contributed by atoms with Crippen LogP contribution >= 0.6 is 0 Å². The Balaban J connectivity index is 1.75. The number of esters is 1. The summed E-state index contributed by atoms with van der Waals surface area (Å²) in [5, 5.41) is 8.77. The molecule has 0 aliphatic carbocycles. The average Bonchev–Trinajstić information content (AvgIpc) is 2.76. The van der Waals surface area contributed by atoms with Crippen molar-refractivity contribution in [2.75, 3.05) is 19.8 Å². The first-order valence-electron chi connectivity index (χ1n) is 10.4. The van der Waals surface area contributed by atoms with Gasteiger partial charge in [0.1, 0.15) is 19.0 Å². The molecule has 0 saturated carbocycles. The van der Waals surface area contributed by atoms with Gasteiger partial charge in [0.2, 0.25) is 0 Å². The van der Waals surface area contributed by atoms with Gasteiger partial charge in [-0.05, 0) is 54.5 Å². The fraction of sp³-hybridized carbons (Fsp3) is 0.400. The van der Waals surface area contributed by atoms with E-state index in [0.29, 0.717) is 18.4 Å². The van der Waals surface area contributed by atoms with Crippen molar-refractivity contribution >= 4 is 5.97 Å². The normalized spacial score (nSPS) is 10.6. The van der Waals surface area contributed by atoms with E-state index in [2.05, 4.69) is 37.8 Å². The van der Waals surface area contributed by atoms with Gasteiger partial charge >= 0.3 is 5.97 Å². The van der Waals surface area contributed by atoms with E-state index in [0.717, 1.165) is 17.7 Å². The number of hydrogen-bond donors (Lipinski definition) is 1. The summed E-state index contributed by atoms with van der Waals surface area (Å²) >= 11 is 0. The van der Waals surface area contributed by atoms with E-state index in [1.165, 1.54) is 30.4 Å². The van der Waals surface area contributed by atoms with Gasteiger partial charge in [-0.15, -0.1) is 0 Å². The molecule has 0 spiro atoms. The van der Waals surface area contributed by atoms with Crippen LogP contribution < -0.4 is 4.74 Å². The van der Waals surface area contributed by atoms with Crippen LogP contribution in [0.2, 0.25) is 0 Å². The number of hydrogen-bond acceptors (Lipinski definition) is 4. The van der Waals surface area contributed by atoms with E-state index >= 15 is 0 Å². The maximum Gasteiger partial charge on any atom is 0.333 e. The second-order valence-corrected chi connectivity index (χ2v) is 7.09. The quantitative estimate of drug-likeness (QED) is 0.282. The molecule has 1 N–H and O–H groups in total. The zero-order chi connectivity index (χ0) is 20.9. The van der Waals surface area contributed by atoms with Crippen molar-refractivity contribution in [1.29, 1.82) is 0 Å². The zero-order valence-electron chi connectivity index (χ0n) is 17.4. The molecule has 0 aliphatic rings. The minimum atomic E-state index is -0.435. The molecule has 2 rings (SSSR count). The number of carbonyl (C=O) groups is 1. The number of aliphatic hydroxyl groups is 1. The molecule has 0 heterocycles. The molecule has 0 amide bonds. The van der Waals surface area contributed by atoms with Crippen LogP contribution in [0.25, 0.3) is 11.1 Å². The van der Waals surface area contributed by atoms with Gasteiger partial charge in [0, 0.05) is 12.2 Å². The van der Waals surface area contributed by atoms with Gasteiger partial charge in [-0.1, -0.05) is 62.7 Å². The molecular formula is C25H32O4. The number of rotatable bonds is 13. The number of unbranched alkanes of at least 4 members (excludes halogenated alkanes) is 2. The molecule has 0 aromatic heterocycles. The van der Waals surface area contributed by atoms with Crippen LogP contribution in [0.1, 0.15) is 44.6 Å². The molecule has 0 radical (unpaired) electrons. The SMILES string of the molecule is C=C(CCCO)C(=O)OCCOc1ccc(-c2ccc(CCCCC)cc2)cc1. The maximum atomic E-state index is 11.7. The fourth-order valence-corrected chi connectivity index (χ4v) is 2.98. The van der Waals surface area contributed by atoms with Gasteiger partial charge in [0.05, 0.1) is 0 Å². The summed E-state index contributed by atoms with van der Waals surface area (Å²) in [7, 11) is 0. The van der Waals surface area contributed by atoms with Crippen LogP contribution in [0.15, 0.2) is 60.7 Å². The van der Waals surface area contributed by atoms with Crippen LogP contribution in [0.3, 0.4) is 0 Å². The molecule has 0 saturated heterocycles. The molecule has 2 aromatic carbocycles. The largest absolute Gasteiger partial charge is 0.490 e. The highest BCUT2D eigenvalue weighted by molar-refractivity contribution is 5.87. The summed E-state index contributed by atoms with van der Waals surface area (Å²) in [4.78, 5) is 11.7. The van der Waals surface area contributed by atoms with Crippen LogP contribution in [0.5, 0.6) is 5.75 Å². The first-order chi connectivity index (χ1) is 14.1. The van der Waals surface area contributed by atoms with E-state index in [1.54, 1.807) is 0 Å². The Morgan fingerprint density at radius 2 is 1.59 bits per heavy atom. The molecule has 4 nitrogen and oxygen atoms in total. The van der Waals surface area contributed by atoms with E-state index in [-0.39, 0.29) is 19.8 Å². The Hall–Kier alpha value is -2.59. The topological polar surface area (TPSA) is 55.8 Å². The first-order valence-corrected chi connectivity index (χ1v) is 10.4. The molecule has 0 atom stereocenters. The third-order valence-corrected chi connectivity index (χ3v) is 4.72. The van der Waals surface area contributed by atoms with Crippen LogP contribution in [0, 0.1) is 0 Å². The molecule has 4 heteroatoms. The van der Waals surface area contributed by atoms with Crippen LogP contribution in [-0.2, 0) is 16.0 Å². The summed E-state index contributed by atoms with van der Waals surface area (Å²) in [6.45, 7) is 6.37. The highest BCUT2D eigenvalue weighted by atomic mass is 16.6. The van der Waals surface area contributed by atoms with E-state index in [1.807, 2.05) is 24.3 Å². The molecule has 29 heavy (non-hydrogen) atoms. The van der Waals surface area contributed by atoms with Crippen molar-refractivity contribution in [3.05, 3.63) is 66.2 Å². The Bertz CT molecular complexity index is 747. The van der Waals surface area contributed by atoms with Gasteiger partial charge in [0.15, 0.2) is 0 Å². The second-order valence-electron chi connectivity index (χ2n) is 7.09. The minimum absolute atomic E-state index is 0.0362. The monoisotopic (exact) mass is 396 g/mol.